The predicted molar refractivity (Wildman–Crippen MR) is 104 cm³/mol. The molecule has 1 aromatic carbocycles. The number of hydrogen-bond acceptors (Lipinski definition) is 6. The van der Waals surface area contributed by atoms with Crippen LogP contribution >= 0.6 is 11.3 Å². The number of hydrogen-bond donors (Lipinski definition) is 1. The molecule has 0 spiro atoms. The van der Waals surface area contributed by atoms with Crippen LogP contribution in [0.2, 0.25) is 0 Å². The van der Waals surface area contributed by atoms with Gasteiger partial charge in [0.05, 0.1) is 18.2 Å². The molecule has 2 heterocycles. The molecule has 1 N–H and O–H groups in total. The van der Waals surface area contributed by atoms with E-state index in [4.69, 9.17) is 4.74 Å². The maximum Gasteiger partial charge on any atom is 0.271 e. The molecule has 1 atom stereocenters. The number of likely N-dealkylation sites (N-methyl/N-ethyl adjacent to an activating group) is 1. The van der Waals surface area contributed by atoms with Crippen LogP contribution in [-0.2, 0) is 0 Å². The van der Waals surface area contributed by atoms with Gasteiger partial charge < -0.3 is 15.0 Å². The van der Waals surface area contributed by atoms with Crippen molar-refractivity contribution < 1.29 is 9.53 Å². The average Bonchev–Trinajstić information content (AvgIpc) is 3.09. The highest BCUT2D eigenvalue weighted by Gasteiger charge is 2.22. The van der Waals surface area contributed by atoms with Crippen LogP contribution in [-0.4, -0.2) is 67.6 Å². The van der Waals surface area contributed by atoms with E-state index in [0.29, 0.717) is 5.69 Å². The molecule has 1 amide bonds. The van der Waals surface area contributed by atoms with Gasteiger partial charge in [-0.25, -0.2) is 4.98 Å². The van der Waals surface area contributed by atoms with Gasteiger partial charge in [-0.3, -0.25) is 9.69 Å². The van der Waals surface area contributed by atoms with Crippen LogP contribution in [0.1, 0.15) is 27.1 Å². The maximum absolute atomic E-state index is 12.6. The number of benzene rings is 1. The van der Waals surface area contributed by atoms with Gasteiger partial charge in [-0.1, -0.05) is 12.1 Å². The molecule has 0 aliphatic carbocycles. The van der Waals surface area contributed by atoms with Crippen molar-refractivity contribution in [3.63, 3.8) is 0 Å². The van der Waals surface area contributed by atoms with Crippen molar-refractivity contribution >= 4 is 17.2 Å². The van der Waals surface area contributed by atoms with Crippen molar-refractivity contribution in [1.29, 1.82) is 0 Å². The summed E-state index contributed by atoms with van der Waals surface area (Å²) in [7, 11) is 3.80. The van der Waals surface area contributed by atoms with Gasteiger partial charge >= 0.3 is 0 Å². The van der Waals surface area contributed by atoms with Crippen molar-refractivity contribution in [2.24, 2.45) is 0 Å². The van der Waals surface area contributed by atoms with E-state index >= 15 is 0 Å². The Labute approximate surface area is 158 Å². The lowest BCUT2D eigenvalue weighted by Crippen LogP contribution is -2.47. The molecular formula is C19H26N4O2S. The number of amides is 1. The molecular weight excluding hydrogens is 348 g/mol. The first kappa shape index (κ1) is 18.8. The van der Waals surface area contributed by atoms with Gasteiger partial charge in [0.25, 0.3) is 5.91 Å². The fraction of sp³-hybridized carbons (Fsp3) is 0.474. The second-order valence-corrected chi connectivity index (χ2v) is 7.72. The quantitative estimate of drug-likeness (QED) is 0.840. The summed E-state index contributed by atoms with van der Waals surface area (Å²) >= 11 is 1.49. The molecule has 140 valence electrons. The number of piperazine rings is 1. The topological polar surface area (TPSA) is 57.7 Å². The zero-order chi connectivity index (χ0) is 18.5. The number of nitrogens with one attached hydrogen (secondary N) is 1. The van der Waals surface area contributed by atoms with Crippen molar-refractivity contribution in [1.82, 2.24) is 20.1 Å². The normalized spacial score (nSPS) is 17.0. The molecule has 1 fully saturated rings. The molecule has 2 aromatic rings. The summed E-state index contributed by atoms with van der Waals surface area (Å²) in [5.41, 5.74) is 1.56. The van der Waals surface area contributed by atoms with Crippen molar-refractivity contribution in [3.8, 4) is 5.75 Å². The smallest absolute Gasteiger partial charge is 0.271 e. The first-order valence-electron chi connectivity index (χ1n) is 8.83. The molecule has 1 aromatic heterocycles. The standard InChI is InChI=1S/C19H26N4O2S/c1-14-20-18(13-26-14)19(24)21-17(12-23-10-8-22(2)9-11-23)15-4-6-16(25-3)7-5-15/h4-7,13,17H,8-12H2,1-3H3,(H,21,24). The van der Waals surface area contributed by atoms with E-state index in [1.54, 1.807) is 7.11 Å². The Hall–Kier alpha value is -1.96. The van der Waals surface area contributed by atoms with Gasteiger partial charge in [0.15, 0.2) is 0 Å². The highest BCUT2D eigenvalue weighted by molar-refractivity contribution is 7.09. The Morgan fingerprint density at radius 1 is 1.27 bits per heavy atom. The number of thiazole rings is 1. The van der Waals surface area contributed by atoms with Crippen LogP contribution in [0.3, 0.4) is 0 Å². The Balaban J connectivity index is 1.74. The lowest BCUT2D eigenvalue weighted by Gasteiger charge is -2.35. The minimum absolute atomic E-state index is 0.0844. The largest absolute Gasteiger partial charge is 0.497 e. The zero-order valence-electron chi connectivity index (χ0n) is 15.6. The first-order valence-corrected chi connectivity index (χ1v) is 9.71. The highest BCUT2D eigenvalue weighted by atomic mass is 32.1. The number of aromatic nitrogens is 1. The third-order valence-electron chi connectivity index (χ3n) is 4.71. The van der Waals surface area contributed by atoms with Crippen molar-refractivity contribution in [3.05, 3.63) is 45.9 Å². The zero-order valence-corrected chi connectivity index (χ0v) is 16.4. The van der Waals surface area contributed by atoms with Crippen LogP contribution in [0.25, 0.3) is 0 Å². The van der Waals surface area contributed by atoms with Crippen LogP contribution in [0.5, 0.6) is 5.75 Å². The second-order valence-electron chi connectivity index (χ2n) is 6.65. The molecule has 6 nitrogen and oxygen atoms in total. The number of rotatable bonds is 6. The monoisotopic (exact) mass is 374 g/mol. The van der Waals surface area contributed by atoms with Gasteiger partial charge in [-0.15, -0.1) is 11.3 Å². The van der Waals surface area contributed by atoms with Gasteiger partial charge in [0.1, 0.15) is 11.4 Å². The molecule has 26 heavy (non-hydrogen) atoms. The lowest BCUT2D eigenvalue weighted by molar-refractivity contribution is 0.0903. The summed E-state index contributed by atoms with van der Waals surface area (Å²) < 4.78 is 5.25. The molecule has 1 saturated heterocycles. The second kappa shape index (κ2) is 8.62. The number of carbonyl (C=O) groups is 1. The molecule has 3 rings (SSSR count). The van der Waals surface area contributed by atoms with Gasteiger partial charge in [0.2, 0.25) is 0 Å². The van der Waals surface area contributed by atoms with Crippen LogP contribution in [0, 0.1) is 6.92 Å². The highest BCUT2D eigenvalue weighted by Crippen LogP contribution is 2.20. The first-order chi connectivity index (χ1) is 12.5. The lowest BCUT2D eigenvalue weighted by atomic mass is 10.1. The summed E-state index contributed by atoms with van der Waals surface area (Å²) in [5, 5.41) is 5.88. The molecule has 7 heteroatoms. The van der Waals surface area contributed by atoms with Gasteiger partial charge in [-0.05, 0) is 31.7 Å². The maximum atomic E-state index is 12.6. The van der Waals surface area contributed by atoms with E-state index in [9.17, 15) is 4.79 Å². The van der Waals surface area contributed by atoms with Crippen molar-refractivity contribution in [2.45, 2.75) is 13.0 Å². The van der Waals surface area contributed by atoms with Crippen molar-refractivity contribution in [2.75, 3.05) is 46.9 Å². The summed E-state index contributed by atoms with van der Waals surface area (Å²) in [5.74, 6) is 0.692. The molecule has 0 saturated carbocycles. The van der Waals surface area contributed by atoms with Gasteiger partial charge in [0, 0.05) is 38.1 Å². The third kappa shape index (κ3) is 4.81. The number of aryl methyl sites for hydroxylation is 1. The molecule has 1 aliphatic rings. The Morgan fingerprint density at radius 3 is 2.54 bits per heavy atom. The van der Waals surface area contributed by atoms with E-state index in [1.807, 2.05) is 36.6 Å². The van der Waals surface area contributed by atoms with Crippen LogP contribution in [0.15, 0.2) is 29.6 Å². The average molecular weight is 375 g/mol. The molecule has 1 aliphatic heterocycles. The summed E-state index contributed by atoms with van der Waals surface area (Å²) in [6, 6.07) is 7.83. The van der Waals surface area contributed by atoms with Crippen LogP contribution in [0.4, 0.5) is 0 Å². The number of methoxy groups -OCH3 is 1. The Kier molecular flexibility index (Phi) is 6.24. The number of ether oxygens (including phenoxy) is 1. The van der Waals surface area contributed by atoms with E-state index in [1.165, 1.54) is 11.3 Å². The fourth-order valence-electron chi connectivity index (χ4n) is 3.06. The Bertz CT molecular complexity index is 723. The molecule has 0 radical (unpaired) electrons. The third-order valence-corrected chi connectivity index (χ3v) is 5.49. The fourth-order valence-corrected chi connectivity index (χ4v) is 3.65. The van der Waals surface area contributed by atoms with Gasteiger partial charge in [-0.2, -0.15) is 0 Å². The predicted octanol–water partition coefficient (Wildman–Crippen LogP) is 2.18. The Morgan fingerprint density at radius 2 is 1.96 bits per heavy atom. The summed E-state index contributed by atoms with van der Waals surface area (Å²) in [4.78, 5) is 21.7. The van der Waals surface area contributed by atoms with Crippen LogP contribution < -0.4 is 10.1 Å². The van der Waals surface area contributed by atoms with E-state index in [-0.39, 0.29) is 11.9 Å². The number of carbonyl (C=O) groups excluding carboxylic acids is 1. The SMILES string of the molecule is COc1ccc(C(CN2CCN(C)CC2)NC(=O)c2csc(C)n2)cc1. The van der Waals surface area contributed by atoms with E-state index in [0.717, 1.165) is 49.0 Å². The summed E-state index contributed by atoms with van der Waals surface area (Å²) in [6.07, 6.45) is 0. The summed E-state index contributed by atoms with van der Waals surface area (Å²) in [6.45, 7) is 6.81. The minimum Gasteiger partial charge on any atom is -0.497 e. The minimum atomic E-state index is -0.121. The molecule has 1 unspecified atom stereocenters. The molecule has 0 bridgehead atoms. The number of nitrogens with zero attached hydrogens (tertiary/aromatic N) is 3. The van der Waals surface area contributed by atoms with E-state index < -0.39 is 0 Å². The van der Waals surface area contributed by atoms with E-state index in [2.05, 4.69) is 27.1 Å².